The summed E-state index contributed by atoms with van der Waals surface area (Å²) < 4.78 is 18.4. The zero-order valence-corrected chi connectivity index (χ0v) is 10.7. The highest BCUT2D eigenvalue weighted by Gasteiger charge is 2.01. The number of ether oxygens (including phenoxy) is 1. The van der Waals surface area contributed by atoms with Gasteiger partial charge in [-0.25, -0.2) is 4.39 Å². The van der Waals surface area contributed by atoms with Crippen LogP contribution in [0, 0.1) is 5.82 Å². The minimum atomic E-state index is -0.289. The number of carbonyl (C=O) groups is 1. The smallest absolute Gasteiger partial charge is 0.130 e. The second-order valence-corrected chi connectivity index (χ2v) is 4.41. The summed E-state index contributed by atoms with van der Waals surface area (Å²) in [6.07, 6.45) is 1.23. The van der Waals surface area contributed by atoms with E-state index in [2.05, 4.69) is 0 Å². The molecule has 0 aliphatic carbocycles. The summed E-state index contributed by atoms with van der Waals surface area (Å²) in [5.41, 5.74) is 1.05. The van der Waals surface area contributed by atoms with Gasteiger partial charge in [-0.15, -0.1) is 0 Å². The first-order valence-electron chi connectivity index (χ1n) is 6.15. The fraction of sp³-hybridized carbons (Fsp3) is 0.188. The predicted octanol–water partition coefficient (Wildman–Crippen LogP) is 4.14. The molecule has 0 aliphatic rings. The average molecular weight is 258 g/mol. The van der Waals surface area contributed by atoms with E-state index in [1.54, 1.807) is 19.1 Å². The van der Waals surface area contributed by atoms with Crippen molar-refractivity contribution in [2.75, 3.05) is 0 Å². The van der Waals surface area contributed by atoms with E-state index in [0.29, 0.717) is 24.3 Å². The van der Waals surface area contributed by atoms with E-state index in [1.807, 2.05) is 24.3 Å². The quantitative estimate of drug-likeness (QED) is 0.805. The third-order valence-electron chi connectivity index (χ3n) is 2.71. The predicted molar refractivity (Wildman–Crippen MR) is 71.9 cm³/mol. The van der Waals surface area contributed by atoms with Crippen molar-refractivity contribution in [3.05, 3.63) is 59.9 Å². The summed E-state index contributed by atoms with van der Waals surface area (Å²) in [5, 5.41) is 0. The number of ketones is 1. The maximum Gasteiger partial charge on any atom is 0.130 e. The molecule has 2 aromatic carbocycles. The van der Waals surface area contributed by atoms with Crippen molar-refractivity contribution in [3.8, 4) is 11.5 Å². The second kappa shape index (κ2) is 6.14. The molecule has 0 radical (unpaired) electrons. The minimum absolute atomic E-state index is 0.171. The molecule has 0 saturated carbocycles. The van der Waals surface area contributed by atoms with Gasteiger partial charge in [0.25, 0.3) is 0 Å². The number of rotatable bonds is 5. The summed E-state index contributed by atoms with van der Waals surface area (Å²) in [6, 6.07) is 13.4. The molecular formula is C16H15FO2. The summed E-state index contributed by atoms with van der Waals surface area (Å²) in [4.78, 5) is 11.0. The van der Waals surface area contributed by atoms with E-state index in [9.17, 15) is 9.18 Å². The third kappa shape index (κ3) is 4.21. The summed E-state index contributed by atoms with van der Waals surface area (Å²) in [5.74, 6) is 1.16. The van der Waals surface area contributed by atoms with Gasteiger partial charge in [0.15, 0.2) is 0 Å². The van der Waals surface area contributed by atoms with Crippen LogP contribution >= 0.6 is 0 Å². The first-order valence-corrected chi connectivity index (χ1v) is 6.15. The fourth-order valence-corrected chi connectivity index (χ4v) is 1.72. The summed E-state index contributed by atoms with van der Waals surface area (Å²) >= 11 is 0. The van der Waals surface area contributed by atoms with Gasteiger partial charge >= 0.3 is 0 Å². The molecule has 2 nitrogen and oxygen atoms in total. The molecule has 0 spiro atoms. The van der Waals surface area contributed by atoms with Crippen LogP contribution in [0.5, 0.6) is 11.5 Å². The Labute approximate surface area is 111 Å². The van der Waals surface area contributed by atoms with Gasteiger partial charge in [-0.2, -0.15) is 0 Å². The summed E-state index contributed by atoms with van der Waals surface area (Å²) in [6.45, 7) is 1.58. The van der Waals surface area contributed by atoms with Crippen molar-refractivity contribution < 1.29 is 13.9 Å². The Kier molecular flexibility index (Phi) is 4.29. The van der Waals surface area contributed by atoms with Crippen LogP contribution < -0.4 is 4.74 Å². The number of halogens is 1. The molecule has 0 aliphatic heterocycles. The molecule has 2 aromatic rings. The van der Waals surface area contributed by atoms with E-state index < -0.39 is 0 Å². The molecule has 0 aromatic heterocycles. The molecule has 19 heavy (non-hydrogen) atoms. The van der Waals surface area contributed by atoms with Crippen molar-refractivity contribution in [1.29, 1.82) is 0 Å². The van der Waals surface area contributed by atoms with Gasteiger partial charge in [0, 0.05) is 6.42 Å². The van der Waals surface area contributed by atoms with Crippen molar-refractivity contribution in [2.45, 2.75) is 19.8 Å². The molecule has 0 saturated heterocycles. The first-order chi connectivity index (χ1) is 9.13. The highest BCUT2D eigenvalue weighted by molar-refractivity contribution is 5.75. The average Bonchev–Trinajstić information content (AvgIpc) is 2.40. The topological polar surface area (TPSA) is 26.3 Å². The van der Waals surface area contributed by atoms with Crippen molar-refractivity contribution >= 4 is 5.78 Å². The van der Waals surface area contributed by atoms with Gasteiger partial charge in [-0.1, -0.05) is 12.1 Å². The molecular weight excluding hydrogens is 243 g/mol. The number of hydrogen-bond donors (Lipinski definition) is 0. The monoisotopic (exact) mass is 258 g/mol. The molecule has 0 fully saturated rings. The van der Waals surface area contributed by atoms with Gasteiger partial charge in [0.1, 0.15) is 23.1 Å². The maximum absolute atomic E-state index is 12.8. The van der Waals surface area contributed by atoms with E-state index in [-0.39, 0.29) is 11.6 Å². The van der Waals surface area contributed by atoms with Crippen LogP contribution in [0.1, 0.15) is 18.9 Å². The summed E-state index contributed by atoms with van der Waals surface area (Å²) in [7, 11) is 0. The third-order valence-corrected chi connectivity index (χ3v) is 2.71. The van der Waals surface area contributed by atoms with Crippen LogP contribution in [-0.2, 0) is 11.2 Å². The van der Waals surface area contributed by atoms with Crippen LogP contribution in [0.2, 0.25) is 0 Å². The highest BCUT2D eigenvalue weighted by Crippen LogP contribution is 2.22. The van der Waals surface area contributed by atoms with Crippen LogP contribution in [0.4, 0.5) is 4.39 Å². The molecule has 2 rings (SSSR count). The Morgan fingerprint density at radius 2 is 1.84 bits per heavy atom. The van der Waals surface area contributed by atoms with Gasteiger partial charge in [-0.05, 0) is 55.3 Å². The lowest BCUT2D eigenvalue weighted by Gasteiger charge is -2.07. The standard InChI is InChI=1S/C16H15FO2/c1-12(18)5-6-13-3-2-4-16(11-13)19-15-9-7-14(17)8-10-15/h2-4,7-11H,5-6H2,1H3. The number of benzene rings is 2. The molecule has 0 bridgehead atoms. The lowest BCUT2D eigenvalue weighted by molar-refractivity contribution is -0.116. The number of Topliss-reactive ketones (excluding diaryl/α,β-unsaturated/α-hetero) is 1. The SMILES string of the molecule is CC(=O)CCc1cccc(Oc2ccc(F)cc2)c1. The van der Waals surface area contributed by atoms with Gasteiger partial charge < -0.3 is 9.53 Å². The maximum atomic E-state index is 12.8. The van der Waals surface area contributed by atoms with Gasteiger partial charge in [0.2, 0.25) is 0 Å². The molecule has 0 unspecified atom stereocenters. The second-order valence-electron chi connectivity index (χ2n) is 4.41. The molecule has 0 heterocycles. The van der Waals surface area contributed by atoms with E-state index in [4.69, 9.17) is 4.74 Å². The van der Waals surface area contributed by atoms with Gasteiger partial charge in [-0.3, -0.25) is 0 Å². The lowest BCUT2D eigenvalue weighted by atomic mass is 10.1. The fourth-order valence-electron chi connectivity index (χ4n) is 1.72. The van der Waals surface area contributed by atoms with Crippen LogP contribution in [-0.4, -0.2) is 5.78 Å². The Morgan fingerprint density at radius 1 is 1.11 bits per heavy atom. The van der Waals surface area contributed by atoms with Crippen LogP contribution in [0.25, 0.3) is 0 Å². The normalized spacial score (nSPS) is 10.2. The zero-order valence-electron chi connectivity index (χ0n) is 10.7. The number of carbonyl (C=O) groups excluding carboxylic acids is 1. The molecule has 3 heteroatoms. The molecule has 0 N–H and O–H groups in total. The molecule has 98 valence electrons. The largest absolute Gasteiger partial charge is 0.457 e. The lowest BCUT2D eigenvalue weighted by Crippen LogP contribution is -1.94. The Bertz CT molecular complexity index is 561. The molecule has 0 atom stereocenters. The Morgan fingerprint density at radius 3 is 2.53 bits per heavy atom. The van der Waals surface area contributed by atoms with Crippen LogP contribution in [0.3, 0.4) is 0 Å². The first kappa shape index (κ1) is 13.3. The van der Waals surface area contributed by atoms with Crippen molar-refractivity contribution in [3.63, 3.8) is 0 Å². The number of hydrogen-bond acceptors (Lipinski definition) is 2. The number of aryl methyl sites for hydroxylation is 1. The van der Waals surface area contributed by atoms with Crippen molar-refractivity contribution in [2.24, 2.45) is 0 Å². The van der Waals surface area contributed by atoms with Crippen molar-refractivity contribution in [1.82, 2.24) is 0 Å². The van der Waals surface area contributed by atoms with E-state index in [0.717, 1.165) is 5.56 Å². The Balaban J connectivity index is 2.06. The Hall–Kier alpha value is -2.16. The van der Waals surface area contributed by atoms with E-state index in [1.165, 1.54) is 12.1 Å². The minimum Gasteiger partial charge on any atom is -0.457 e. The highest BCUT2D eigenvalue weighted by atomic mass is 19.1. The molecule has 0 amide bonds. The zero-order chi connectivity index (χ0) is 13.7. The van der Waals surface area contributed by atoms with E-state index >= 15 is 0 Å². The van der Waals surface area contributed by atoms with Crippen LogP contribution in [0.15, 0.2) is 48.5 Å². The van der Waals surface area contributed by atoms with Gasteiger partial charge in [0.05, 0.1) is 0 Å².